The topological polar surface area (TPSA) is 54.9 Å². The lowest BCUT2D eigenvalue weighted by molar-refractivity contribution is 0.0944. The number of nitrogens with one attached hydrogen (secondary N) is 1. The average Bonchev–Trinajstić information content (AvgIpc) is 2.51. The van der Waals surface area contributed by atoms with Crippen molar-refractivity contribution in [2.75, 3.05) is 0 Å². The van der Waals surface area contributed by atoms with Gasteiger partial charge in [-0.05, 0) is 25.4 Å². The van der Waals surface area contributed by atoms with Crippen molar-refractivity contribution in [1.29, 1.82) is 0 Å². The molecule has 4 nitrogen and oxygen atoms in total. The van der Waals surface area contributed by atoms with Gasteiger partial charge in [0.2, 0.25) is 0 Å². The van der Waals surface area contributed by atoms with Crippen molar-refractivity contribution < 1.29 is 4.79 Å². The lowest BCUT2D eigenvalue weighted by Crippen LogP contribution is -2.32. The third kappa shape index (κ3) is 2.54. The van der Waals surface area contributed by atoms with E-state index in [9.17, 15) is 4.79 Å². The molecule has 14 heavy (non-hydrogen) atoms. The van der Waals surface area contributed by atoms with Crippen LogP contribution in [0.15, 0.2) is 0 Å². The molecule has 0 fully saturated rings. The number of carbonyl (C=O) groups excluding carboxylic acids is 1. The van der Waals surface area contributed by atoms with Gasteiger partial charge in [-0.25, -0.2) is 0 Å². The SMILES string of the molecule is C#CCC(C)NC(=O)c1snnc1C. The minimum atomic E-state index is -0.153. The number of hydrogen-bond acceptors (Lipinski definition) is 4. The number of aryl methyl sites for hydroxylation is 1. The van der Waals surface area contributed by atoms with Gasteiger partial charge in [0.15, 0.2) is 0 Å². The zero-order valence-corrected chi connectivity index (χ0v) is 8.89. The molecule has 1 amide bonds. The Morgan fingerprint density at radius 3 is 3.00 bits per heavy atom. The minimum absolute atomic E-state index is 0.0194. The maximum Gasteiger partial charge on any atom is 0.265 e. The summed E-state index contributed by atoms with van der Waals surface area (Å²) in [5, 5.41) is 6.53. The molecule has 1 unspecified atom stereocenters. The predicted octanol–water partition coefficient (Wildman–Crippen LogP) is 0.988. The Kier molecular flexibility index (Phi) is 3.60. The van der Waals surface area contributed by atoms with Gasteiger partial charge < -0.3 is 5.32 Å². The zero-order chi connectivity index (χ0) is 10.6. The smallest absolute Gasteiger partial charge is 0.265 e. The fourth-order valence-electron chi connectivity index (χ4n) is 0.957. The number of carbonyl (C=O) groups is 1. The summed E-state index contributed by atoms with van der Waals surface area (Å²) in [5.74, 6) is 2.34. The molecule has 0 spiro atoms. The van der Waals surface area contributed by atoms with Crippen LogP contribution in [0.25, 0.3) is 0 Å². The second-order valence-electron chi connectivity index (χ2n) is 2.97. The van der Waals surface area contributed by atoms with Crippen molar-refractivity contribution in [3.8, 4) is 12.3 Å². The molecule has 0 aliphatic heterocycles. The van der Waals surface area contributed by atoms with Crippen molar-refractivity contribution >= 4 is 17.4 Å². The van der Waals surface area contributed by atoms with Crippen LogP contribution in [-0.4, -0.2) is 21.5 Å². The summed E-state index contributed by atoms with van der Waals surface area (Å²) < 4.78 is 3.69. The maximum atomic E-state index is 11.6. The zero-order valence-electron chi connectivity index (χ0n) is 8.07. The summed E-state index contributed by atoms with van der Waals surface area (Å²) in [6, 6.07) is -0.0194. The van der Waals surface area contributed by atoms with E-state index in [2.05, 4.69) is 20.8 Å². The molecule has 0 radical (unpaired) electrons. The third-order valence-electron chi connectivity index (χ3n) is 1.66. The summed E-state index contributed by atoms with van der Waals surface area (Å²) in [6.45, 7) is 3.62. The highest BCUT2D eigenvalue weighted by Crippen LogP contribution is 2.08. The molecule has 1 aromatic heterocycles. The number of aromatic nitrogens is 2. The van der Waals surface area contributed by atoms with E-state index in [4.69, 9.17) is 6.42 Å². The van der Waals surface area contributed by atoms with Crippen LogP contribution in [0.3, 0.4) is 0 Å². The van der Waals surface area contributed by atoms with Crippen LogP contribution in [0, 0.1) is 19.3 Å². The van der Waals surface area contributed by atoms with E-state index >= 15 is 0 Å². The number of nitrogens with zero attached hydrogens (tertiary/aromatic N) is 2. The molecule has 1 N–H and O–H groups in total. The van der Waals surface area contributed by atoms with Gasteiger partial charge in [0, 0.05) is 12.5 Å². The fraction of sp³-hybridized carbons (Fsp3) is 0.444. The van der Waals surface area contributed by atoms with Crippen molar-refractivity contribution in [3.05, 3.63) is 10.6 Å². The number of terminal acetylenes is 1. The standard InChI is InChI=1S/C9H11N3OS/c1-4-5-6(2)10-9(13)8-7(3)11-12-14-8/h1,6H,5H2,2-3H3,(H,10,13). The molecule has 1 atom stereocenters. The summed E-state index contributed by atoms with van der Waals surface area (Å²) in [5.41, 5.74) is 0.653. The van der Waals surface area contributed by atoms with Gasteiger partial charge in [0.05, 0.1) is 5.69 Å². The number of amides is 1. The molecule has 1 aromatic rings. The Balaban J connectivity index is 2.60. The molecule has 1 heterocycles. The quantitative estimate of drug-likeness (QED) is 0.755. The molecular weight excluding hydrogens is 198 g/mol. The van der Waals surface area contributed by atoms with Gasteiger partial charge in [-0.2, -0.15) is 0 Å². The van der Waals surface area contributed by atoms with Gasteiger partial charge in [0.1, 0.15) is 4.88 Å². The van der Waals surface area contributed by atoms with Crippen LogP contribution < -0.4 is 5.32 Å². The van der Waals surface area contributed by atoms with Gasteiger partial charge in [-0.15, -0.1) is 17.4 Å². The molecule has 74 valence electrons. The van der Waals surface area contributed by atoms with Crippen LogP contribution in [-0.2, 0) is 0 Å². The monoisotopic (exact) mass is 209 g/mol. The molecular formula is C9H11N3OS. The molecule has 0 bridgehead atoms. The normalized spacial score (nSPS) is 11.8. The molecule has 0 aliphatic carbocycles. The Labute approximate surface area is 86.9 Å². The van der Waals surface area contributed by atoms with Crippen molar-refractivity contribution in [2.45, 2.75) is 26.3 Å². The Hall–Kier alpha value is -1.41. The van der Waals surface area contributed by atoms with E-state index in [1.54, 1.807) is 6.92 Å². The van der Waals surface area contributed by atoms with Crippen LogP contribution in [0.2, 0.25) is 0 Å². The van der Waals surface area contributed by atoms with E-state index in [1.807, 2.05) is 6.92 Å². The van der Waals surface area contributed by atoms with E-state index in [-0.39, 0.29) is 11.9 Å². The molecule has 0 saturated carbocycles. The molecule has 5 heteroatoms. The van der Waals surface area contributed by atoms with E-state index in [0.29, 0.717) is 17.0 Å². The van der Waals surface area contributed by atoms with Gasteiger partial charge in [0.25, 0.3) is 5.91 Å². The average molecular weight is 209 g/mol. The first-order valence-electron chi connectivity index (χ1n) is 4.18. The lowest BCUT2D eigenvalue weighted by Gasteiger charge is -2.09. The van der Waals surface area contributed by atoms with Crippen LogP contribution >= 0.6 is 11.5 Å². The highest BCUT2D eigenvalue weighted by molar-refractivity contribution is 7.07. The van der Waals surface area contributed by atoms with Crippen LogP contribution in [0.1, 0.15) is 28.7 Å². The Bertz CT molecular complexity index is 366. The number of hydrogen-bond donors (Lipinski definition) is 1. The largest absolute Gasteiger partial charge is 0.348 e. The highest BCUT2D eigenvalue weighted by Gasteiger charge is 2.14. The van der Waals surface area contributed by atoms with Crippen molar-refractivity contribution in [1.82, 2.24) is 14.9 Å². The Morgan fingerprint density at radius 1 is 1.79 bits per heavy atom. The first-order chi connectivity index (χ1) is 6.65. The Morgan fingerprint density at radius 2 is 2.50 bits per heavy atom. The lowest BCUT2D eigenvalue weighted by atomic mass is 10.2. The maximum absolute atomic E-state index is 11.6. The predicted molar refractivity (Wildman–Crippen MR) is 55.0 cm³/mol. The van der Waals surface area contributed by atoms with Gasteiger partial charge in [-0.1, -0.05) is 4.49 Å². The fourth-order valence-corrected chi connectivity index (χ4v) is 1.52. The molecule has 0 aromatic carbocycles. The van der Waals surface area contributed by atoms with Crippen molar-refractivity contribution in [2.24, 2.45) is 0 Å². The number of rotatable bonds is 3. The third-order valence-corrected chi connectivity index (χ3v) is 2.49. The summed E-state index contributed by atoms with van der Waals surface area (Å²) in [4.78, 5) is 12.1. The van der Waals surface area contributed by atoms with Crippen LogP contribution in [0.4, 0.5) is 0 Å². The molecule has 1 rings (SSSR count). The molecule has 0 saturated heterocycles. The van der Waals surface area contributed by atoms with E-state index < -0.39 is 0 Å². The van der Waals surface area contributed by atoms with Gasteiger partial charge >= 0.3 is 0 Å². The molecule has 0 aliphatic rings. The second kappa shape index (κ2) is 4.72. The second-order valence-corrected chi connectivity index (χ2v) is 3.72. The van der Waals surface area contributed by atoms with Gasteiger partial charge in [-0.3, -0.25) is 4.79 Å². The summed E-state index contributed by atoms with van der Waals surface area (Å²) >= 11 is 1.09. The highest BCUT2D eigenvalue weighted by atomic mass is 32.1. The summed E-state index contributed by atoms with van der Waals surface area (Å²) in [7, 11) is 0. The first-order valence-corrected chi connectivity index (χ1v) is 4.95. The van der Waals surface area contributed by atoms with Crippen molar-refractivity contribution in [3.63, 3.8) is 0 Å². The summed E-state index contributed by atoms with van der Waals surface area (Å²) in [6.07, 6.45) is 5.66. The van der Waals surface area contributed by atoms with E-state index in [0.717, 1.165) is 11.5 Å². The van der Waals surface area contributed by atoms with Crippen LogP contribution in [0.5, 0.6) is 0 Å². The first kappa shape index (κ1) is 10.7. The minimum Gasteiger partial charge on any atom is -0.348 e. The van der Waals surface area contributed by atoms with E-state index in [1.165, 1.54) is 0 Å².